The molecule has 0 aliphatic carbocycles. The second kappa shape index (κ2) is 16.5. The number of unbranched alkanes of at least 4 members (excludes halogenated alkanes) is 1. The van der Waals surface area contributed by atoms with E-state index in [0.717, 1.165) is 42.9 Å². The van der Waals surface area contributed by atoms with E-state index in [1.807, 2.05) is 46.1 Å². The van der Waals surface area contributed by atoms with Gasteiger partial charge in [0.2, 0.25) is 5.91 Å². The highest BCUT2D eigenvalue weighted by Gasteiger charge is 2.07. The first-order chi connectivity index (χ1) is 18.2. The minimum absolute atomic E-state index is 0.325. The molecule has 2 aromatic heterocycles. The summed E-state index contributed by atoms with van der Waals surface area (Å²) < 4.78 is 0. The third-order valence-corrected chi connectivity index (χ3v) is 6.46. The van der Waals surface area contributed by atoms with E-state index in [0.29, 0.717) is 40.4 Å². The standard InChI is InChI=1S/C17H25N7O3S.C8H10ClN/c1-12-20-14(9-15(21-12)22-17-19-10-13(11-25)28-17)18-6-8-24(2)7-4-3-5-16(26)23-27;1-6-4-3-5-7(9)8(6)10-2/h9-11,27H,3-8H2,1-2H3,(H,23,26)(H2,18,19,20,21,22);3-5,10H,1-2H3. The van der Waals surface area contributed by atoms with E-state index in [4.69, 9.17) is 16.8 Å². The number of carbonyl (C=O) groups is 2. The van der Waals surface area contributed by atoms with Gasteiger partial charge >= 0.3 is 0 Å². The molecule has 5 N–H and O–H groups in total. The molecule has 2 heterocycles. The minimum atomic E-state index is -0.354. The summed E-state index contributed by atoms with van der Waals surface area (Å²) in [6.07, 6.45) is 4.21. The zero-order chi connectivity index (χ0) is 27.9. The van der Waals surface area contributed by atoms with Gasteiger partial charge in [0.05, 0.1) is 21.8 Å². The molecule has 0 spiro atoms. The van der Waals surface area contributed by atoms with E-state index in [2.05, 4.69) is 35.8 Å². The zero-order valence-corrected chi connectivity index (χ0v) is 23.6. The smallest absolute Gasteiger partial charge is 0.243 e. The number of para-hydroxylation sites is 1. The zero-order valence-electron chi connectivity index (χ0n) is 22.0. The van der Waals surface area contributed by atoms with Crippen molar-refractivity contribution in [2.45, 2.75) is 33.1 Å². The highest BCUT2D eigenvalue weighted by molar-refractivity contribution is 7.17. The normalized spacial score (nSPS) is 10.4. The van der Waals surface area contributed by atoms with Crippen LogP contribution >= 0.6 is 22.9 Å². The average Bonchev–Trinajstić information content (AvgIpc) is 3.34. The number of amides is 1. The second-order valence-electron chi connectivity index (χ2n) is 8.40. The maximum Gasteiger partial charge on any atom is 0.243 e. The quantitative estimate of drug-likeness (QED) is 0.0873. The maximum atomic E-state index is 11.0. The number of carbonyl (C=O) groups excluding carboxylic acids is 2. The fourth-order valence-electron chi connectivity index (χ4n) is 3.39. The van der Waals surface area contributed by atoms with Gasteiger partial charge in [0.15, 0.2) is 11.4 Å². The lowest BCUT2D eigenvalue weighted by Crippen LogP contribution is -2.26. The molecule has 0 aliphatic heterocycles. The molecule has 13 heteroatoms. The summed E-state index contributed by atoms with van der Waals surface area (Å²) in [4.78, 5) is 37.3. The molecule has 0 saturated carbocycles. The van der Waals surface area contributed by atoms with Crippen molar-refractivity contribution in [1.82, 2.24) is 25.3 Å². The second-order valence-corrected chi connectivity index (χ2v) is 9.87. The monoisotopic (exact) mass is 562 g/mol. The Kier molecular flexibility index (Phi) is 13.4. The number of aryl methyl sites for hydroxylation is 2. The number of benzene rings is 1. The van der Waals surface area contributed by atoms with Gasteiger partial charge in [-0.2, -0.15) is 0 Å². The van der Waals surface area contributed by atoms with Crippen LogP contribution in [0.15, 0.2) is 30.5 Å². The van der Waals surface area contributed by atoms with Crippen LogP contribution in [0.2, 0.25) is 5.02 Å². The van der Waals surface area contributed by atoms with Crippen molar-refractivity contribution in [1.29, 1.82) is 0 Å². The van der Waals surface area contributed by atoms with Gasteiger partial charge in [0.25, 0.3) is 0 Å². The lowest BCUT2D eigenvalue weighted by molar-refractivity contribution is -0.129. The van der Waals surface area contributed by atoms with Crippen LogP contribution in [0.4, 0.5) is 22.5 Å². The maximum absolute atomic E-state index is 11.0. The summed E-state index contributed by atoms with van der Waals surface area (Å²) in [5, 5.41) is 19.2. The van der Waals surface area contributed by atoms with Crippen molar-refractivity contribution >= 4 is 57.6 Å². The lowest BCUT2D eigenvalue weighted by atomic mass is 10.2. The Hall–Kier alpha value is -3.32. The first kappa shape index (κ1) is 30.9. The number of rotatable bonds is 13. The third kappa shape index (κ3) is 11.0. The van der Waals surface area contributed by atoms with Crippen LogP contribution in [0.3, 0.4) is 0 Å². The van der Waals surface area contributed by atoms with Crippen LogP contribution in [-0.4, -0.2) is 71.0 Å². The van der Waals surface area contributed by atoms with Crippen LogP contribution in [0, 0.1) is 13.8 Å². The van der Waals surface area contributed by atoms with Gasteiger partial charge in [-0.15, -0.1) is 0 Å². The molecule has 11 nitrogen and oxygen atoms in total. The van der Waals surface area contributed by atoms with E-state index < -0.39 is 0 Å². The number of hydroxylamine groups is 1. The Morgan fingerprint density at radius 2 is 1.95 bits per heavy atom. The highest BCUT2D eigenvalue weighted by Crippen LogP contribution is 2.24. The number of nitrogens with zero attached hydrogens (tertiary/aromatic N) is 4. The topological polar surface area (TPSA) is 144 Å². The van der Waals surface area contributed by atoms with E-state index >= 15 is 0 Å². The summed E-state index contributed by atoms with van der Waals surface area (Å²) in [7, 11) is 3.88. The van der Waals surface area contributed by atoms with Gasteiger partial charge < -0.3 is 20.9 Å². The number of aldehydes is 1. The van der Waals surface area contributed by atoms with Gasteiger partial charge in [-0.25, -0.2) is 20.4 Å². The summed E-state index contributed by atoms with van der Waals surface area (Å²) in [6, 6.07) is 7.64. The first-order valence-corrected chi connectivity index (χ1v) is 13.3. The molecular formula is C25H35ClN8O3S. The molecular weight excluding hydrogens is 528 g/mol. The predicted molar refractivity (Wildman–Crippen MR) is 153 cm³/mol. The number of anilines is 4. The van der Waals surface area contributed by atoms with Crippen molar-refractivity contribution in [2.75, 3.05) is 49.7 Å². The Balaban J connectivity index is 0.000000423. The van der Waals surface area contributed by atoms with Gasteiger partial charge in [0.1, 0.15) is 17.5 Å². The minimum Gasteiger partial charge on any atom is -0.387 e. The number of aromatic nitrogens is 3. The van der Waals surface area contributed by atoms with Crippen molar-refractivity contribution in [2.24, 2.45) is 0 Å². The fraction of sp³-hybridized carbons (Fsp3) is 0.400. The molecule has 3 rings (SSSR count). The fourth-order valence-corrected chi connectivity index (χ4v) is 4.34. The molecule has 0 atom stereocenters. The van der Waals surface area contributed by atoms with E-state index in [1.165, 1.54) is 23.1 Å². The summed E-state index contributed by atoms with van der Waals surface area (Å²) >= 11 is 7.12. The first-order valence-electron chi connectivity index (χ1n) is 12.1. The molecule has 1 aromatic carbocycles. The molecule has 0 saturated heterocycles. The molecule has 0 radical (unpaired) electrons. The molecule has 0 fully saturated rings. The number of halogens is 1. The predicted octanol–water partition coefficient (Wildman–Crippen LogP) is 4.51. The van der Waals surface area contributed by atoms with Gasteiger partial charge in [-0.1, -0.05) is 35.1 Å². The van der Waals surface area contributed by atoms with Crippen molar-refractivity contribution in [3.05, 3.63) is 51.7 Å². The highest BCUT2D eigenvalue weighted by atomic mass is 35.5. The van der Waals surface area contributed by atoms with E-state index in [1.54, 1.807) is 11.5 Å². The largest absolute Gasteiger partial charge is 0.387 e. The molecule has 0 unspecified atom stereocenters. The van der Waals surface area contributed by atoms with Crippen molar-refractivity contribution in [3.8, 4) is 0 Å². The van der Waals surface area contributed by atoms with Crippen LogP contribution in [0.25, 0.3) is 0 Å². The molecule has 0 aliphatic rings. The summed E-state index contributed by atoms with van der Waals surface area (Å²) in [5.41, 5.74) is 3.83. The number of nitrogens with one attached hydrogen (secondary N) is 4. The van der Waals surface area contributed by atoms with Gasteiger partial charge in [-0.3, -0.25) is 14.8 Å². The SMILES string of the molecule is CNc1c(C)cccc1Cl.Cc1nc(NCCN(C)CCCCC(=O)NO)cc(Nc2ncc(C=O)s2)n1. The summed E-state index contributed by atoms with van der Waals surface area (Å²) in [5.74, 6) is 1.58. The molecule has 1 amide bonds. The van der Waals surface area contributed by atoms with E-state index in [9.17, 15) is 9.59 Å². The van der Waals surface area contributed by atoms with Crippen LogP contribution in [-0.2, 0) is 4.79 Å². The Labute approximate surface area is 232 Å². The Morgan fingerprint density at radius 3 is 2.58 bits per heavy atom. The number of hydrogen-bond acceptors (Lipinski definition) is 11. The Bertz CT molecular complexity index is 1160. The van der Waals surface area contributed by atoms with Gasteiger partial charge in [0, 0.05) is 32.6 Å². The molecule has 0 bridgehead atoms. The van der Waals surface area contributed by atoms with E-state index in [-0.39, 0.29) is 5.91 Å². The van der Waals surface area contributed by atoms with Crippen LogP contribution in [0.1, 0.15) is 40.3 Å². The average molecular weight is 563 g/mol. The van der Waals surface area contributed by atoms with Gasteiger partial charge in [-0.05, 0) is 51.9 Å². The van der Waals surface area contributed by atoms with Crippen LogP contribution < -0.4 is 21.4 Å². The molecule has 3 aromatic rings. The van der Waals surface area contributed by atoms with Crippen molar-refractivity contribution in [3.63, 3.8) is 0 Å². The summed E-state index contributed by atoms with van der Waals surface area (Å²) in [6.45, 7) is 6.21. The molecule has 38 heavy (non-hydrogen) atoms. The van der Waals surface area contributed by atoms with Crippen molar-refractivity contribution < 1.29 is 14.8 Å². The number of hydrogen-bond donors (Lipinski definition) is 5. The number of likely N-dealkylation sites (N-methyl/N-ethyl adjacent to an activating group) is 1. The third-order valence-electron chi connectivity index (χ3n) is 5.30. The Morgan fingerprint density at radius 1 is 1.18 bits per heavy atom. The lowest BCUT2D eigenvalue weighted by Gasteiger charge is -2.17. The van der Waals surface area contributed by atoms with Crippen LogP contribution in [0.5, 0.6) is 0 Å². The molecule has 206 valence electrons. The number of thiazole rings is 1.